The van der Waals surface area contributed by atoms with Crippen LogP contribution in [0.5, 0.6) is 0 Å². The lowest BCUT2D eigenvalue weighted by Gasteiger charge is -2.14. The molecule has 112 valence electrons. The number of hydrogen-bond donors (Lipinski definition) is 6. The maximum atomic E-state index is 10.3. The summed E-state index contributed by atoms with van der Waals surface area (Å²) in [4.78, 5) is 37.2. The molecule has 0 rings (SSSR count). The lowest BCUT2D eigenvalue weighted by atomic mass is 10.4. The Morgan fingerprint density at radius 3 is 1.95 bits per heavy atom. The summed E-state index contributed by atoms with van der Waals surface area (Å²) in [6.07, 6.45) is -1.23. The van der Waals surface area contributed by atoms with Gasteiger partial charge in [0.15, 0.2) is 0 Å². The van der Waals surface area contributed by atoms with E-state index in [9.17, 15) is 14.2 Å². The monoisotopic (exact) mass is 301 g/mol. The summed E-state index contributed by atoms with van der Waals surface area (Å²) in [5, 5.41) is 24.1. The molecule has 0 saturated carbocycles. The fourth-order valence-electron chi connectivity index (χ4n) is 0.494. The molecule has 0 saturated heterocycles. The highest BCUT2D eigenvalue weighted by molar-refractivity contribution is 7.50. The van der Waals surface area contributed by atoms with E-state index in [1.165, 1.54) is 14.0 Å². The first-order chi connectivity index (χ1) is 8.36. The summed E-state index contributed by atoms with van der Waals surface area (Å²) in [5.74, 6) is -2.88. The number of likely N-dealkylation sites (N-methyl/N-ethyl adjacent to an activating group) is 1. The van der Waals surface area contributed by atoms with Crippen molar-refractivity contribution in [1.82, 2.24) is 4.90 Å². The summed E-state index contributed by atoms with van der Waals surface area (Å²) >= 11 is 0. The van der Waals surface area contributed by atoms with Gasteiger partial charge in [0.25, 0.3) is 0 Å². The Morgan fingerprint density at radius 2 is 1.74 bits per heavy atom. The first-order valence-electron chi connectivity index (χ1n) is 4.62. The maximum absolute atomic E-state index is 10.3. The van der Waals surface area contributed by atoms with Crippen LogP contribution in [0.3, 0.4) is 0 Å². The van der Waals surface area contributed by atoms with Crippen molar-refractivity contribution in [3.8, 4) is 0 Å². The van der Waals surface area contributed by atoms with Crippen LogP contribution in [0.15, 0.2) is 4.76 Å². The van der Waals surface area contributed by atoms with Crippen molar-refractivity contribution >= 4 is 25.6 Å². The molecule has 1 atom stereocenters. The fraction of sp³-hybridized carbons (Fsp3) is 0.571. The highest BCUT2D eigenvalue weighted by atomic mass is 31.2. The molecule has 0 fully saturated rings. The van der Waals surface area contributed by atoms with Gasteiger partial charge in [-0.2, -0.15) is 0 Å². The summed E-state index contributed by atoms with van der Waals surface area (Å²) in [5.41, 5.74) is 5.07. The predicted molar refractivity (Wildman–Crippen MR) is 63.2 cm³/mol. The van der Waals surface area contributed by atoms with E-state index in [0.29, 0.717) is 0 Å². The number of aliphatic carboxylic acids is 2. The van der Waals surface area contributed by atoms with E-state index >= 15 is 0 Å². The molecule has 0 aliphatic rings. The average Bonchev–Trinajstić information content (AvgIpc) is 2.14. The van der Waals surface area contributed by atoms with Crippen LogP contribution in [-0.2, 0) is 14.2 Å². The quantitative estimate of drug-likeness (QED) is 0.189. The zero-order chi connectivity index (χ0) is 15.8. The molecule has 0 bridgehead atoms. The average molecular weight is 301 g/mol. The van der Waals surface area contributed by atoms with Crippen LogP contribution in [-0.4, -0.2) is 67.6 Å². The first-order valence-corrected chi connectivity index (χ1v) is 6.18. The van der Waals surface area contributed by atoms with E-state index in [1.54, 1.807) is 0 Å². The number of nitrogens with zero attached hydrogens (tertiary/aromatic N) is 2. The Morgan fingerprint density at radius 1 is 1.37 bits per heavy atom. The van der Waals surface area contributed by atoms with Crippen LogP contribution < -0.4 is 5.73 Å². The Kier molecular flexibility index (Phi) is 8.72. The number of hydrogen-bond acceptors (Lipinski definition) is 4. The molecule has 0 aromatic carbocycles. The van der Waals surface area contributed by atoms with Crippen molar-refractivity contribution in [3.63, 3.8) is 0 Å². The minimum absolute atomic E-state index is 0.477. The molecule has 19 heavy (non-hydrogen) atoms. The highest BCUT2D eigenvalue weighted by Gasteiger charge is 2.14. The number of aliphatic hydroxyl groups excluding tert-OH is 1. The van der Waals surface area contributed by atoms with E-state index in [1.807, 2.05) is 0 Å². The van der Waals surface area contributed by atoms with Crippen LogP contribution in [0.1, 0.15) is 6.92 Å². The van der Waals surface area contributed by atoms with E-state index in [2.05, 4.69) is 4.76 Å². The van der Waals surface area contributed by atoms with Gasteiger partial charge < -0.3 is 35.7 Å². The van der Waals surface area contributed by atoms with Crippen LogP contribution in [0.2, 0.25) is 0 Å². The van der Waals surface area contributed by atoms with E-state index in [4.69, 9.17) is 30.8 Å². The molecule has 0 heterocycles. The zero-order valence-electron chi connectivity index (χ0n) is 10.2. The van der Waals surface area contributed by atoms with Crippen LogP contribution >= 0.6 is 7.75 Å². The van der Waals surface area contributed by atoms with Crippen molar-refractivity contribution in [2.75, 3.05) is 13.6 Å². The molecule has 11 nitrogen and oxygen atoms in total. The van der Waals surface area contributed by atoms with Gasteiger partial charge in [0.1, 0.15) is 12.6 Å². The largest absolute Gasteiger partial charge is 0.480 e. The second-order valence-electron chi connectivity index (χ2n) is 3.24. The number of rotatable bonds is 4. The summed E-state index contributed by atoms with van der Waals surface area (Å²) in [6, 6.07) is 0. The molecule has 7 N–H and O–H groups in total. The molecule has 12 heteroatoms. The molecule has 0 amide bonds. The van der Waals surface area contributed by atoms with Gasteiger partial charge in [0.2, 0.25) is 5.96 Å². The van der Waals surface area contributed by atoms with Gasteiger partial charge >= 0.3 is 19.7 Å². The van der Waals surface area contributed by atoms with Gasteiger partial charge in [0.05, 0.1) is 0 Å². The van der Waals surface area contributed by atoms with Gasteiger partial charge in [-0.05, 0) is 6.92 Å². The van der Waals surface area contributed by atoms with E-state index in [-0.39, 0.29) is 0 Å². The third kappa shape index (κ3) is 14.3. The first kappa shape index (κ1) is 19.7. The number of nitrogens with two attached hydrogens (primary N) is 1. The summed E-state index contributed by atoms with van der Waals surface area (Å²) in [6.45, 7) is 0.720. The molecule has 0 aromatic heterocycles. The third-order valence-corrected chi connectivity index (χ3v) is 1.82. The Labute approximate surface area is 108 Å². The lowest BCUT2D eigenvalue weighted by Crippen LogP contribution is -2.37. The van der Waals surface area contributed by atoms with Gasteiger partial charge in [-0.1, -0.05) is 0 Å². The summed E-state index contributed by atoms with van der Waals surface area (Å²) in [7, 11) is -3.34. The van der Waals surface area contributed by atoms with Crippen molar-refractivity contribution in [1.29, 1.82) is 0 Å². The normalized spacial score (nSPS) is 13.0. The molecule has 1 unspecified atom stereocenters. The number of carboxylic acids is 2. The topological polar surface area (TPSA) is 194 Å². The molecule has 0 aliphatic carbocycles. The Balaban J connectivity index is 0. The SMILES string of the molecule is CC(O)C(=O)O.CN(CC(=O)O)/C(N)=N/P(=O)(O)O. The standard InChI is InChI=1S/C4H10N3O5P.C3H6O3/c1-7(2-3(8)9)4(5)6-13(10,11)12;1-2(4)3(5)6/h2H2,1H3,(H,8,9)(H4,5,6,10,11,12);2,4H,1H3,(H,5,6). The number of carbonyl (C=O) groups is 2. The molecular weight excluding hydrogens is 285 g/mol. The van der Waals surface area contributed by atoms with Crippen molar-refractivity contribution < 1.29 is 39.3 Å². The smallest absolute Gasteiger partial charge is 0.451 e. The molecule has 0 radical (unpaired) electrons. The minimum Gasteiger partial charge on any atom is -0.480 e. The maximum Gasteiger partial charge on any atom is 0.451 e. The number of aliphatic hydroxyl groups is 1. The number of carboxylic acid groups (broad SMARTS) is 2. The van der Waals surface area contributed by atoms with Crippen molar-refractivity contribution in [2.45, 2.75) is 13.0 Å². The summed E-state index contributed by atoms with van der Waals surface area (Å²) < 4.78 is 13.1. The second kappa shape index (κ2) is 8.43. The van der Waals surface area contributed by atoms with E-state index in [0.717, 1.165) is 4.90 Å². The highest BCUT2D eigenvalue weighted by Crippen LogP contribution is 2.35. The lowest BCUT2D eigenvalue weighted by molar-refractivity contribution is -0.145. The van der Waals surface area contributed by atoms with E-state index < -0.39 is 38.3 Å². The van der Waals surface area contributed by atoms with Gasteiger partial charge in [-0.25, -0.2) is 9.36 Å². The minimum atomic E-state index is -4.59. The van der Waals surface area contributed by atoms with Crippen LogP contribution in [0, 0.1) is 0 Å². The van der Waals surface area contributed by atoms with Gasteiger partial charge in [-0.15, -0.1) is 4.76 Å². The zero-order valence-corrected chi connectivity index (χ0v) is 11.1. The number of guanidine groups is 1. The third-order valence-electron chi connectivity index (χ3n) is 1.35. The van der Waals surface area contributed by atoms with Crippen LogP contribution in [0.25, 0.3) is 0 Å². The molecule has 0 aliphatic heterocycles. The second-order valence-corrected chi connectivity index (χ2v) is 4.46. The predicted octanol–water partition coefficient (Wildman–Crippen LogP) is -2.14. The molecule has 0 spiro atoms. The van der Waals surface area contributed by atoms with Crippen molar-refractivity contribution in [2.24, 2.45) is 10.5 Å². The van der Waals surface area contributed by atoms with Crippen molar-refractivity contribution in [3.05, 3.63) is 0 Å². The van der Waals surface area contributed by atoms with Crippen LogP contribution in [0.4, 0.5) is 0 Å². The molecule has 0 aromatic rings. The fourth-order valence-corrected chi connectivity index (χ4v) is 0.913. The Bertz CT molecular complexity index is 390. The Hall–Kier alpha value is -1.68. The van der Waals surface area contributed by atoms with Gasteiger partial charge in [0, 0.05) is 7.05 Å². The molecular formula is C7H16N3O8P. The van der Waals surface area contributed by atoms with Gasteiger partial charge in [-0.3, -0.25) is 4.79 Å².